The van der Waals surface area contributed by atoms with Crippen molar-refractivity contribution >= 4 is 5.78 Å². The molecule has 1 aromatic rings. The van der Waals surface area contributed by atoms with Gasteiger partial charge in [-0.05, 0) is 6.54 Å². The van der Waals surface area contributed by atoms with E-state index < -0.39 is 0 Å². The number of hydrogen-bond donors (Lipinski definition) is 1. The van der Waals surface area contributed by atoms with Crippen LogP contribution in [0.2, 0.25) is 0 Å². The number of ether oxygens (including phenoxy) is 1. The third kappa shape index (κ3) is 2.22. The molecule has 13 heavy (non-hydrogen) atoms. The molecule has 5 nitrogen and oxygen atoms in total. The number of rotatable bonds is 4. The lowest BCUT2D eigenvalue weighted by Gasteiger charge is -2.02. The van der Waals surface area contributed by atoms with E-state index in [-0.39, 0.29) is 23.8 Å². The topological polar surface area (TPSA) is 78.1 Å². The van der Waals surface area contributed by atoms with Crippen molar-refractivity contribution in [1.29, 1.82) is 0 Å². The van der Waals surface area contributed by atoms with E-state index in [1.54, 1.807) is 0 Å². The van der Waals surface area contributed by atoms with Crippen LogP contribution in [0.1, 0.15) is 16.9 Å². The van der Waals surface area contributed by atoms with Crippen LogP contribution in [0, 0.1) is 0 Å². The lowest BCUT2D eigenvalue weighted by molar-refractivity contribution is 0.0976. The summed E-state index contributed by atoms with van der Waals surface area (Å²) in [6.45, 7) is 0.304. The molecular weight excluding hydrogens is 170 g/mol. The highest BCUT2D eigenvalue weighted by Gasteiger charge is 2.13. The zero-order valence-corrected chi connectivity index (χ0v) is 7.36. The molecule has 0 aliphatic heterocycles. The highest BCUT2D eigenvalue weighted by atomic mass is 16.5. The summed E-state index contributed by atoms with van der Waals surface area (Å²) in [5, 5.41) is 0. The van der Waals surface area contributed by atoms with Gasteiger partial charge in [0.25, 0.3) is 0 Å². The second-order valence-corrected chi connectivity index (χ2v) is 2.38. The molecule has 0 saturated heterocycles. The number of aromatic nitrogens is 2. The first kappa shape index (κ1) is 9.60. The number of hydrogen-bond acceptors (Lipinski definition) is 5. The van der Waals surface area contributed by atoms with Gasteiger partial charge in [-0.2, -0.15) is 0 Å². The van der Waals surface area contributed by atoms with Crippen molar-refractivity contribution in [3.8, 4) is 5.88 Å². The van der Waals surface area contributed by atoms with Crippen molar-refractivity contribution in [3.63, 3.8) is 0 Å². The van der Waals surface area contributed by atoms with Crippen LogP contribution in [-0.4, -0.2) is 29.4 Å². The molecule has 0 amide bonds. The van der Waals surface area contributed by atoms with E-state index in [9.17, 15) is 4.79 Å². The van der Waals surface area contributed by atoms with Gasteiger partial charge in [0.2, 0.25) is 5.88 Å². The predicted octanol–water partition coefficient (Wildman–Crippen LogP) is 0.0167. The van der Waals surface area contributed by atoms with Crippen molar-refractivity contribution in [2.75, 3.05) is 13.7 Å². The van der Waals surface area contributed by atoms with Crippen molar-refractivity contribution < 1.29 is 9.53 Å². The minimum absolute atomic E-state index is 0.146. The number of Topliss-reactive ketones (excluding diaryl/α,β-unsaturated/α-hetero) is 1. The number of nitrogens with zero attached hydrogens (tertiary/aromatic N) is 2. The summed E-state index contributed by atoms with van der Waals surface area (Å²) in [4.78, 5) is 19.1. The monoisotopic (exact) mass is 181 g/mol. The summed E-state index contributed by atoms with van der Waals surface area (Å²) in [5.74, 6) is 0.105. The third-order valence-electron chi connectivity index (χ3n) is 1.49. The number of carbonyl (C=O) groups excluding carboxylic acids is 1. The van der Waals surface area contributed by atoms with Crippen LogP contribution in [0.5, 0.6) is 5.88 Å². The first-order chi connectivity index (χ1) is 6.29. The number of carbonyl (C=O) groups is 1. The molecule has 0 aromatic carbocycles. The second-order valence-electron chi connectivity index (χ2n) is 2.38. The van der Waals surface area contributed by atoms with Gasteiger partial charge in [-0.3, -0.25) is 4.79 Å². The zero-order valence-electron chi connectivity index (χ0n) is 7.36. The Labute approximate surface area is 75.9 Å². The summed E-state index contributed by atoms with van der Waals surface area (Å²) < 4.78 is 4.88. The summed E-state index contributed by atoms with van der Waals surface area (Å²) in [5.41, 5.74) is 5.49. The molecule has 70 valence electrons. The Morgan fingerprint density at radius 1 is 1.54 bits per heavy atom. The molecule has 0 bridgehead atoms. The standard InChI is InChI=1S/C8H11N3O2/c1-13-8-7(6(12)2-3-9)10-4-5-11-8/h4-5H,2-3,9H2,1H3. The lowest BCUT2D eigenvalue weighted by atomic mass is 10.2. The lowest BCUT2D eigenvalue weighted by Crippen LogP contribution is -2.11. The van der Waals surface area contributed by atoms with Gasteiger partial charge in [-0.25, -0.2) is 9.97 Å². The molecule has 0 aliphatic rings. The summed E-state index contributed by atoms with van der Waals surface area (Å²) >= 11 is 0. The molecule has 0 saturated carbocycles. The first-order valence-electron chi connectivity index (χ1n) is 3.88. The fourth-order valence-electron chi connectivity index (χ4n) is 0.915. The van der Waals surface area contributed by atoms with Gasteiger partial charge >= 0.3 is 0 Å². The Hall–Kier alpha value is -1.49. The van der Waals surface area contributed by atoms with Crippen LogP contribution >= 0.6 is 0 Å². The molecule has 0 radical (unpaired) electrons. The van der Waals surface area contributed by atoms with Crippen molar-refractivity contribution in [2.24, 2.45) is 5.73 Å². The number of nitrogens with two attached hydrogens (primary N) is 1. The van der Waals surface area contributed by atoms with Crippen molar-refractivity contribution in [3.05, 3.63) is 18.1 Å². The molecule has 5 heteroatoms. The Balaban J connectivity index is 2.92. The Morgan fingerprint density at radius 3 is 2.85 bits per heavy atom. The molecule has 0 unspecified atom stereocenters. The number of ketones is 1. The quantitative estimate of drug-likeness (QED) is 0.662. The first-order valence-corrected chi connectivity index (χ1v) is 3.88. The maximum absolute atomic E-state index is 11.4. The fourth-order valence-corrected chi connectivity index (χ4v) is 0.915. The molecule has 1 heterocycles. The summed E-state index contributed by atoms with van der Waals surface area (Å²) in [6, 6.07) is 0. The van der Waals surface area contributed by atoms with Gasteiger partial charge in [-0.1, -0.05) is 0 Å². The van der Waals surface area contributed by atoms with E-state index >= 15 is 0 Å². The molecule has 1 aromatic heterocycles. The van der Waals surface area contributed by atoms with Gasteiger partial charge in [0.05, 0.1) is 7.11 Å². The van der Waals surface area contributed by atoms with Crippen LogP contribution < -0.4 is 10.5 Å². The summed E-state index contributed by atoms with van der Waals surface area (Å²) in [6.07, 6.45) is 3.18. The number of methoxy groups -OCH3 is 1. The minimum atomic E-state index is -0.146. The predicted molar refractivity (Wildman–Crippen MR) is 46.6 cm³/mol. The summed E-state index contributed by atoms with van der Waals surface area (Å²) in [7, 11) is 1.45. The Bertz CT molecular complexity index is 301. The minimum Gasteiger partial charge on any atom is -0.479 e. The van der Waals surface area contributed by atoms with Crippen LogP contribution in [0.4, 0.5) is 0 Å². The van der Waals surface area contributed by atoms with E-state index in [1.807, 2.05) is 0 Å². The van der Waals surface area contributed by atoms with E-state index in [1.165, 1.54) is 19.5 Å². The van der Waals surface area contributed by atoms with Crippen LogP contribution in [0.3, 0.4) is 0 Å². The smallest absolute Gasteiger partial charge is 0.243 e. The normalized spacial score (nSPS) is 9.69. The largest absolute Gasteiger partial charge is 0.479 e. The highest BCUT2D eigenvalue weighted by Crippen LogP contribution is 2.11. The van der Waals surface area contributed by atoms with E-state index in [0.717, 1.165) is 0 Å². The van der Waals surface area contributed by atoms with Crippen LogP contribution in [-0.2, 0) is 0 Å². The molecule has 1 rings (SSSR count). The zero-order chi connectivity index (χ0) is 9.68. The molecule has 2 N–H and O–H groups in total. The molecule has 0 spiro atoms. The maximum Gasteiger partial charge on any atom is 0.243 e. The van der Waals surface area contributed by atoms with Gasteiger partial charge in [0.15, 0.2) is 11.5 Å². The van der Waals surface area contributed by atoms with Crippen LogP contribution in [0.15, 0.2) is 12.4 Å². The highest BCUT2D eigenvalue weighted by molar-refractivity contribution is 5.96. The van der Waals surface area contributed by atoms with Crippen LogP contribution in [0.25, 0.3) is 0 Å². The Kier molecular flexibility index (Phi) is 3.33. The van der Waals surface area contributed by atoms with Gasteiger partial charge in [-0.15, -0.1) is 0 Å². The van der Waals surface area contributed by atoms with Gasteiger partial charge in [0, 0.05) is 18.8 Å². The Morgan fingerprint density at radius 2 is 2.23 bits per heavy atom. The maximum atomic E-state index is 11.4. The van der Waals surface area contributed by atoms with Crippen molar-refractivity contribution in [2.45, 2.75) is 6.42 Å². The van der Waals surface area contributed by atoms with Gasteiger partial charge < -0.3 is 10.5 Å². The van der Waals surface area contributed by atoms with E-state index in [0.29, 0.717) is 6.54 Å². The third-order valence-corrected chi connectivity index (χ3v) is 1.49. The molecule has 0 fully saturated rings. The molecular formula is C8H11N3O2. The molecule has 0 atom stereocenters. The average molecular weight is 181 g/mol. The van der Waals surface area contributed by atoms with E-state index in [4.69, 9.17) is 10.5 Å². The molecule has 0 aliphatic carbocycles. The van der Waals surface area contributed by atoms with Crippen molar-refractivity contribution in [1.82, 2.24) is 9.97 Å². The SMILES string of the molecule is COc1nccnc1C(=O)CCN. The second kappa shape index (κ2) is 4.51. The fraction of sp³-hybridized carbons (Fsp3) is 0.375. The average Bonchev–Trinajstić information content (AvgIpc) is 2.18. The van der Waals surface area contributed by atoms with E-state index in [2.05, 4.69) is 9.97 Å². The van der Waals surface area contributed by atoms with Gasteiger partial charge in [0.1, 0.15) is 0 Å².